The Morgan fingerprint density at radius 3 is 2.22 bits per heavy atom. The van der Waals surface area contributed by atoms with Gasteiger partial charge < -0.3 is 4.74 Å². The molecule has 0 unspecified atom stereocenters. The molecule has 0 fully saturated rings. The molecule has 1 nitrogen and oxygen atoms in total. The molecule has 0 aromatic heterocycles. The zero-order valence-corrected chi connectivity index (χ0v) is 10.3. The van der Waals surface area contributed by atoms with Crippen LogP contribution in [-0.2, 0) is 0 Å². The summed E-state index contributed by atoms with van der Waals surface area (Å²) in [6, 6.07) is 16.5. The Labute approximate surface area is 107 Å². The highest BCUT2D eigenvalue weighted by Crippen LogP contribution is 2.40. The SMILES string of the molecule is C=CC1=C(C)Oc2ccccc2-c2ccccc21. The van der Waals surface area contributed by atoms with Crippen molar-refractivity contribution in [3.05, 3.63) is 72.5 Å². The predicted molar refractivity (Wildman–Crippen MR) is 75.3 cm³/mol. The van der Waals surface area contributed by atoms with Crippen LogP contribution in [0.2, 0.25) is 0 Å². The number of hydrogen-bond acceptors (Lipinski definition) is 1. The molecule has 18 heavy (non-hydrogen) atoms. The zero-order valence-electron chi connectivity index (χ0n) is 10.3. The van der Waals surface area contributed by atoms with Crippen molar-refractivity contribution >= 4 is 5.57 Å². The number of hydrogen-bond donors (Lipinski definition) is 0. The average Bonchev–Trinajstić information content (AvgIpc) is 2.52. The number of benzene rings is 2. The second-order valence-corrected chi connectivity index (χ2v) is 4.32. The predicted octanol–water partition coefficient (Wildman–Crippen LogP) is 4.66. The molecule has 0 saturated carbocycles. The molecule has 1 heteroatoms. The first-order valence-electron chi connectivity index (χ1n) is 6.01. The lowest BCUT2D eigenvalue weighted by molar-refractivity contribution is 0.434. The minimum Gasteiger partial charge on any atom is -0.461 e. The van der Waals surface area contributed by atoms with E-state index >= 15 is 0 Å². The van der Waals surface area contributed by atoms with Gasteiger partial charge in [-0.05, 0) is 24.1 Å². The van der Waals surface area contributed by atoms with Crippen LogP contribution < -0.4 is 4.74 Å². The number of allylic oxidation sites excluding steroid dienone is 3. The average molecular weight is 234 g/mol. The van der Waals surface area contributed by atoms with Gasteiger partial charge in [0.25, 0.3) is 0 Å². The molecule has 0 bridgehead atoms. The topological polar surface area (TPSA) is 9.23 Å². The maximum Gasteiger partial charge on any atom is 0.134 e. The van der Waals surface area contributed by atoms with Crippen molar-refractivity contribution in [2.75, 3.05) is 0 Å². The molecule has 0 amide bonds. The summed E-state index contributed by atoms with van der Waals surface area (Å²) in [5.74, 6) is 1.79. The summed E-state index contributed by atoms with van der Waals surface area (Å²) in [6.07, 6.45) is 1.86. The molecule has 0 atom stereocenters. The summed E-state index contributed by atoms with van der Waals surface area (Å²) in [4.78, 5) is 0. The third-order valence-electron chi connectivity index (χ3n) is 3.24. The Morgan fingerprint density at radius 1 is 0.889 bits per heavy atom. The van der Waals surface area contributed by atoms with E-state index in [-0.39, 0.29) is 0 Å². The van der Waals surface area contributed by atoms with E-state index in [2.05, 4.69) is 30.8 Å². The van der Waals surface area contributed by atoms with Gasteiger partial charge in [-0.25, -0.2) is 0 Å². The maximum atomic E-state index is 5.95. The lowest BCUT2D eigenvalue weighted by Crippen LogP contribution is -1.92. The molecule has 0 N–H and O–H groups in total. The molecule has 2 aromatic rings. The second-order valence-electron chi connectivity index (χ2n) is 4.32. The summed E-state index contributed by atoms with van der Waals surface area (Å²) in [5.41, 5.74) is 4.56. The normalized spacial score (nSPS) is 13.2. The van der Waals surface area contributed by atoms with Gasteiger partial charge in [-0.3, -0.25) is 0 Å². The number of fused-ring (bicyclic) bond motifs is 3. The van der Waals surface area contributed by atoms with E-state index in [0.29, 0.717) is 0 Å². The second kappa shape index (κ2) is 4.19. The van der Waals surface area contributed by atoms with Gasteiger partial charge in [0.1, 0.15) is 11.5 Å². The highest BCUT2D eigenvalue weighted by Gasteiger charge is 2.18. The van der Waals surface area contributed by atoms with Crippen molar-refractivity contribution in [2.45, 2.75) is 6.92 Å². The largest absolute Gasteiger partial charge is 0.461 e. The van der Waals surface area contributed by atoms with Crippen molar-refractivity contribution in [1.29, 1.82) is 0 Å². The van der Waals surface area contributed by atoms with E-state index in [9.17, 15) is 0 Å². The highest BCUT2D eigenvalue weighted by atomic mass is 16.5. The molecule has 0 saturated heterocycles. The molecular formula is C17H14O. The van der Waals surface area contributed by atoms with Crippen LogP contribution in [-0.4, -0.2) is 0 Å². The monoisotopic (exact) mass is 234 g/mol. The summed E-state index contributed by atoms with van der Waals surface area (Å²) < 4.78 is 5.95. The minimum absolute atomic E-state index is 0.891. The first kappa shape index (κ1) is 10.8. The van der Waals surface area contributed by atoms with Crippen molar-refractivity contribution in [3.8, 4) is 16.9 Å². The molecule has 2 aromatic carbocycles. The fourth-order valence-corrected chi connectivity index (χ4v) is 2.39. The molecule has 3 rings (SSSR count). The fraction of sp³-hybridized carbons (Fsp3) is 0.0588. The van der Waals surface area contributed by atoms with Crippen molar-refractivity contribution < 1.29 is 4.74 Å². The van der Waals surface area contributed by atoms with E-state index in [1.165, 1.54) is 11.1 Å². The summed E-state index contributed by atoms with van der Waals surface area (Å²) in [7, 11) is 0. The van der Waals surface area contributed by atoms with E-state index in [0.717, 1.165) is 22.6 Å². The fourth-order valence-electron chi connectivity index (χ4n) is 2.39. The number of ether oxygens (including phenoxy) is 1. The molecule has 1 aliphatic heterocycles. The molecular weight excluding hydrogens is 220 g/mol. The number of rotatable bonds is 1. The van der Waals surface area contributed by atoms with Gasteiger partial charge in [0.2, 0.25) is 0 Å². The van der Waals surface area contributed by atoms with Crippen molar-refractivity contribution in [1.82, 2.24) is 0 Å². The van der Waals surface area contributed by atoms with Crippen LogP contribution in [0.15, 0.2) is 66.9 Å². The van der Waals surface area contributed by atoms with Crippen LogP contribution in [0, 0.1) is 0 Å². The molecule has 0 radical (unpaired) electrons. The van der Waals surface area contributed by atoms with Crippen molar-refractivity contribution in [3.63, 3.8) is 0 Å². The van der Waals surface area contributed by atoms with E-state index in [1.54, 1.807) is 0 Å². The van der Waals surface area contributed by atoms with Gasteiger partial charge >= 0.3 is 0 Å². The smallest absolute Gasteiger partial charge is 0.134 e. The van der Waals surface area contributed by atoms with Crippen LogP contribution in [0.25, 0.3) is 16.7 Å². The maximum absolute atomic E-state index is 5.95. The van der Waals surface area contributed by atoms with Crippen LogP contribution in [0.3, 0.4) is 0 Å². The Hall–Kier alpha value is -2.28. The van der Waals surface area contributed by atoms with E-state index < -0.39 is 0 Å². The Bertz CT molecular complexity index is 650. The lowest BCUT2D eigenvalue weighted by Gasteiger charge is -2.08. The van der Waals surface area contributed by atoms with Crippen LogP contribution in [0.5, 0.6) is 5.75 Å². The third kappa shape index (κ3) is 1.56. The van der Waals surface area contributed by atoms with Crippen LogP contribution in [0.1, 0.15) is 12.5 Å². The quantitative estimate of drug-likeness (QED) is 0.697. The van der Waals surface area contributed by atoms with E-state index in [4.69, 9.17) is 4.74 Å². The minimum atomic E-state index is 0.891. The Morgan fingerprint density at radius 2 is 1.50 bits per heavy atom. The highest BCUT2D eigenvalue weighted by molar-refractivity contribution is 5.89. The van der Waals surface area contributed by atoms with Gasteiger partial charge in [0.15, 0.2) is 0 Å². The van der Waals surface area contributed by atoms with E-state index in [1.807, 2.05) is 37.3 Å². The van der Waals surface area contributed by atoms with Gasteiger partial charge in [-0.2, -0.15) is 0 Å². The molecule has 1 aliphatic rings. The van der Waals surface area contributed by atoms with Gasteiger partial charge in [0.05, 0.1) is 0 Å². The van der Waals surface area contributed by atoms with Gasteiger partial charge in [-0.15, -0.1) is 0 Å². The molecule has 0 aliphatic carbocycles. The lowest BCUT2D eigenvalue weighted by atomic mass is 9.94. The van der Waals surface area contributed by atoms with Crippen LogP contribution >= 0.6 is 0 Å². The number of para-hydroxylation sites is 1. The molecule has 1 heterocycles. The van der Waals surface area contributed by atoms with Gasteiger partial charge in [-0.1, -0.05) is 55.1 Å². The molecule has 0 spiro atoms. The standard InChI is InChI=1S/C17H14O/c1-3-13-12(2)18-17-11-7-6-10-16(17)15-9-5-4-8-14(13)15/h3-11H,1H2,2H3. The van der Waals surface area contributed by atoms with Crippen LogP contribution in [0.4, 0.5) is 0 Å². The Kier molecular flexibility index (Phi) is 2.52. The summed E-state index contributed by atoms with van der Waals surface area (Å²) >= 11 is 0. The van der Waals surface area contributed by atoms with Gasteiger partial charge in [0, 0.05) is 11.1 Å². The Balaban J connectivity index is 2.39. The van der Waals surface area contributed by atoms with Crippen molar-refractivity contribution in [2.24, 2.45) is 0 Å². The summed E-state index contributed by atoms with van der Waals surface area (Å²) in [5, 5.41) is 0. The third-order valence-corrected chi connectivity index (χ3v) is 3.24. The summed E-state index contributed by atoms with van der Waals surface area (Å²) in [6.45, 7) is 5.88. The first-order chi connectivity index (χ1) is 8.81. The zero-order chi connectivity index (χ0) is 12.5. The molecule has 88 valence electrons. The first-order valence-corrected chi connectivity index (χ1v) is 6.01.